The van der Waals surface area contributed by atoms with E-state index in [9.17, 15) is 0 Å². The van der Waals surface area contributed by atoms with Gasteiger partial charge in [0.2, 0.25) is 0 Å². The van der Waals surface area contributed by atoms with E-state index in [1.54, 1.807) is 0 Å². The molecule has 0 saturated heterocycles. The van der Waals surface area contributed by atoms with Crippen LogP contribution in [0.2, 0.25) is 0 Å². The molecule has 0 amide bonds. The molecule has 64 valence electrons. The van der Waals surface area contributed by atoms with E-state index in [0.29, 0.717) is 0 Å². The normalized spacial score (nSPS) is 17.5. The number of nitrogens with two attached hydrogens (primary N) is 1. The topological polar surface area (TPSA) is 32.5 Å². The zero-order valence-corrected chi connectivity index (χ0v) is 8.81. The van der Waals surface area contributed by atoms with Crippen molar-refractivity contribution in [2.75, 3.05) is 41.5 Å². The average Bonchev–Trinajstić information content (AvgIpc) is 1.63. The first-order chi connectivity index (χ1) is 4.17. The molecule has 3 nitrogen and oxygen atoms in total. The summed E-state index contributed by atoms with van der Waals surface area (Å²) in [6.07, 6.45) is 0. The zero-order chi connectivity index (χ0) is 8.60. The van der Waals surface area contributed by atoms with Gasteiger partial charge in [-0.3, -0.25) is 0 Å². The Morgan fingerprint density at radius 1 is 0.900 bits per heavy atom. The molecule has 0 saturated carbocycles. The molecule has 0 aliphatic carbocycles. The minimum absolute atomic E-state index is 2.03. The molecule has 0 aliphatic rings. The van der Waals surface area contributed by atoms with Crippen molar-refractivity contribution in [2.24, 2.45) is 5.50 Å². The van der Waals surface area contributed by atoms with Crippen LogP contribution in [0.15, 0.2) is 0 Å². The number of hydrogen-bond donors (Lipinski definition) is 1. The van der Waals surface area contributed by atoms with Crippen LogP contribution in [0.1, 0.15) is 0 Å². The molecular weight excluding hydrogens is 145 g/mol. The van der Waals surface area contributed by atoms with Crippen LogP contribution in [0.25, 0.3) is 0 Å². The first kappa shape index (κ1) is 10.3. The van der Waals surface area contributed by atoms with Gasteiger partial charge in [-0.15, -0.1) is 0 Å². The minimum atomic E-state index is -2.15. The summed E-state index contributed by atoms with van der Waals surface area (Å²) in [5, 5.41) is 0. The van der Waals surface area contributed by atoms with Crippen LogP contribution in [-0.4, -0.2) is 50.9 Å². The SMILES string of the molecule is CN(C)P(C)(C)(N)N(C)C. The zero-order valence-electron chi connectivity index (χ0n) is 7.92. The fraction of sp³-hybridized carbons (Fsp3) is 1.00. The van der Waals surface area contributed by atoms with Crippen molar-refractivity contribution in [1.29, 1.82) is 0 Å². The molecule has 0 aromatic rings. The Kier molecular flexibility index (Phi) is 2.49. The van der Waals surface area contributed by atoms with E-state index in [1.165, 1.54) is 0 Å². The average molecular weight is 165 g/mol. The summed E-state index contributed by atoms with van der Waals surface area (Å²) in [4.78, 5) is 0. The van der Waals surface area contributed by atoms with Crippen LogP contribution in [0.4, 0.5) is 0 Å². The number of hydrogen-bond acceptors (Lipinski definition) is 3. The van der Waals surface area contributed by atoms with Crippen molar-refractivity contribution in [2.45, 2.75) is 0 Å². The standard InChI is InChI=1S/C6H20N3P/c1-8(2)10(5,6,7)9(3)4/h7H2,1-6H3. The van der Waals surface area contributed by atoms with Crippen molar-refractivity contribution in [3.05, 3.63) is 0 Å². The van der Waals surface area contributed by atoms with Gasteiger partial charge in [-0.1, -0.05) is 0 Å². The van der Waals surface area contributed by atoms with Gasteiger partial charge in [-0.2, -0.15) is 0 Å². The van der Waals surface area contributed by atoms with E-state index >= 15 is 0 Å². The second-order valence-corrected chi connectivity index (χ2v) is 9.55. The molecule has 0 rings (SSSR count). The van der Waals surface area contributed by atoms with E-state index in [-0.39, 0.29) is 0 Å². The van der Waals surface area contributed by atoms with Crippen molar-refractivity contribution < 1.29 is 0 Å². The van der Waals surface area contributed by atoms with Crippen molar-refractivity contribution in [1.82, 2.24) is 9.34 Å². The fourth-order valence-electron chi connectivity index (χ4n) is 0.358. The van der Waals surface area contributed by atoms with Crippen LogP contribution in [0.5, 0.6) is 0 Å². The predicted molar refractivity (Wildman–Crippen MR) is 50.3 cm³/mol. The van der Waals surface area contributed by atoms with Crippen LogP contribution in [0.3, 0.4) is 0 Å². The summed E-state index contributed by atoms with van der Waals surface area (Å²) in [5.74, 6) is 0. The molecular formula is C6H20N3P. The van der Waals surface area contributed by atoms with Crippen LogP contribution in [-0.2, 0) is 0 Å². The van der Waals surface area contributed by atoms with E-state index in [4.69, 9.17) is 5.50 Å². The Morgan fingerprint density at radius 2 is 1.10 bits per heavy atom. The molecule has 0 unspecified atom stereocenters. The summed E-state index contributed by atoms with van der Waals surface area (Å²) >= 11 is 0. The first-order valence-electron chi connectivity index (χ1n) is 3.34. The number of rotatable bonds is 2. The molecule has 2 N–H and O–H groups in total. The van der Waals surface area contributed by atoms with Gasteiger partial charge < -0.3 is 0 Å². The Labute approximate surface area is 64.3 Å². The van der Waals surface area contributed by atoms with Gasteiger partial charge in [0.1, 0.15) is 0 Å². The molecule has 0 aromatic carbocycles. The predicted octanol–water partition coefficient (Wildman–Crippen LogP) is 0.626. The molecule has 4 heteroatoms. The Balaban J connectivity index is 4.59. The van der Waals surface area contributed by atoms with Crippen molar-refractivity contribution in [3.63, 3.8) is 0 Å². The van der Waals surface area contributed by atoms with Crippen molar-refractivity contribution >= 4 is 7.06 Å². The molecule has 0 spiro atoms. The van der Waals surface area contributed by atoms with E-state index in [2.05, 4.69) is 22.7 Å². The Bertz CT molecular complexity index is 111. The van der Waals surface area contributed by atoms with E-state index in [0.717, 1.165) is 0 Å². The quantitative estimate of drug-likeness (QED) is 0.609. The van der Waals surface area contributed by atoms with Gasteiger partial charge in [0, 0.05) is 0 Å². The van der Waals surface area contributed by atoms with Gasteiger partial charge in [0.25, 0.3) is 0 Å². The maximum absolute atomic E-state index is 6.23. The summed E-state index contributed by atoms with van der Waals surface area (Å²) in [6, 6.07) is 0. The third kappa shape index (κ3) is 1.67. The molecule has 0 fully saturated rings. The first-order valence-corrected chi connectivity index (χ1v) is 6.45. The van der Waals surface area contributed by atoms with E-state index in [1.807, 2.05) is 28.2 Å². The molecule has 0 radical (unpaired) electrons. The van der Waals surface area contributed by atoms with Gasteiger partial charge in [0.15, 0.2) is 0 Å². The van der Waals surface area contributed by atoms with Gasteiger partial charge >= 0.3 is 63.4 Å². The Morgan fingerprint density at radius 3 is 1.10 bits per heavy atom. The fourth-order valence-corrected chi connectivity index (χ4v) is 1.07. The van der Waals surface area contributed by atoms with Gasteiger partial charge in [-0.05, 0) is 0 Å². The summed E-state index contributed by atoms with van der Waals surface area (Å²) < 4.78 is 4.23. The third-order valence-corrected chi connectivity index (χ3v) is 7.26. The molecule has 0 atom stereocenters. The summed E-state index contributed by atoms with van der Waals surface area (Å²) in [5.41, 5.74) is 6.23. The molecule has 0 aliphatic heterocycles. The summed E-state index contributed by atoms with van der Waals surface area (Å²) in [7, 11) is 5.95. The molecule has 0 bridgehead atoms. The number of nitrogens with zero attached hydrogens (tertiary/aromatic N) is 2. The van der Waals surface area contributed by atoms with Crippen LogP contribution in [0, 0.1) is 0 Å². The second-order valence-electron chi connectivity index (χ2n) is 3.78. The van der Waals surface area contributed by atoms with Crippen LogP contribution >= 0.6 is 7.06 Å². The van der Waals surface area contributed by atoms with E-state index < -0.39 is 7.06 Å². The van der Waals surface area contributed by atoms with Crippen LogP contribution < -0.4 is 5.50 Å². The van der Waals surface area contributed by atoms with Crippen molar-refractivity contribution in [3.8, 4) is 0 Å². The van der Waals surface area contributed by atoms with Gasteiger partial charge in [0.05, 0.1) is 0 Å². The molecule has 0 aromatic heterocycles. The Hall–Kier alpha value is 0.310. The second kappa shape index (κ2) is 2.42. The van der Waals surface area contributed by atoms with Gasteiger partial charge in [-0.25, -0.2) is 0 Å². The molecule has 0 heterocycles. The monoisotopic (exact) mass is 165 g/mol. The maximum atomic E-state index is 6.23. The third-order valence-electron chi connectivity index (χ3n) is 2.42. The molecule has 10 heavy (non-hydrogen) atoms. The summed E-state index contributed by atoms with van der Waals surface area (Å²) in [6.45, 7) is 4.23.